The maximum absolute atomic E-state index is 6.17. The van der Waals surface area contributed by atoms with Crippen LogP contribution in [0.5, 0.6) is 11.5 Å². The average molecular weight is 435 g/mol. The Morgan fingerprint density at radius 2 is 1.75 bits per heavy atom. The molecule has 0 unspecified atom stereocenters. The van der Waals surface area contributed by atoms with Crippen LogP contribution in [0.25, 0.3) is 17.2 Å². The fourth-order valence-corrected chi connectivity index (χ4v) is 3.92. The lowest BCUT2D eigenvalue weighted by Gasteiger charge is -2.35. The van der Waals surface area contributed by atoms with Crippen LogP contribution in [0.15, 0.2) is 47.1 Å². The van der Waals surface area contributed by atoms with E-state index in [1.165, 1.54) is 4.52 Å². The molecule has 1 saturated heterocycles. The molecule has 1 fully saturated rings. The van der Waals surface area contributed by atoms with Crippen LogP contribution in [0, 0.1) is 0 Å². The van der Waals surface area contributed by atoms with Gasteiger partial charge in [-0.3, -0.25) is 4.90 Å². The SMILES string of the molecule is COc1cc(CN2CCN(c3cc4nc(-c5ccco5)nn4c(N)n3)CC2)cc(OC)c1. The van der Waals surface area contributed by atoms with Gasteiger partial charge in [-0.25, -0.2) is 4.98 Å². The lowest BCUT2D eigenvalue weighted by Crippen LogP contribution is -2.46. The third-order valence-corrected chi connectivity index (χ3v) is 5.59. The predicted molar refractivity (Wildman–Crippen MR) is 120 cm³/mol. The number of furan rings is 1. The molecule has 0 aliphatic carbocycles. The largest absolute Gasteiger partial charge is 0.497 e. The lowest BCUT2D eigenvalue weighted by molar-refractivity contribution is 0.248. The molecule has 2 N–H and O–H groups in total. The number of fused-ring (bicyclic) bond motifs is 1. The molecule has 1 aromatic carbocycles. The van der Waals surface area contributed by atoms with Crippen LogP contribution < -0.4 is 20.1 Å². The van der Waals surface area contributed by atoms with Crippen molar-refractivity contribution in [3.63, 3.8) is 0 Å². The van der Waals surface area contributed by atoms with Crippen molar-refractivity contribution >= 4 is 17.4 Å². The van der Waals surface area contributed by atoms with E-state index in [2.05, 4.69) is 24.9 Å². The zero-order valence-electron chi connectivity index (χ0n) is 18.1. The Labute approximate surface area is 185 Å². The van der Waals surface area contributed by atoms with E-state index in [0.717, 1.165) is 55.6 Å². The number of nitrogen functional groups attached to an aromatic ring is 1. The number of aromatic nitrogens is 4. The molecule has 0 radical (unpaired) electrons. The number of hydrogen-bond acceptors (Lipinski definition) is 9. The first kappa shape index (κ1) is 20.1. The van der Waals surface area contributed by atoms with Crippen molar-refractivity contribution in [3.05, 3.63) is 48.2 Å². The van der Waals surface area contributed by atoms with Gasteiger partial charge in [-0.05, 0) is 29.8 Å². The topological polar surface area (TPSA) is 107 Å². The molecule has 0 atom stereocenters. The van der Waals surface area contributed by atoms with Crippen molar-refractivity contribution in [1.82, 2.24) is 24.5 Å². The number of rotatable bonds is 6. The highest BCUT2D eigenvalue weighted by Crippen LogP contribution is 2.25. The Bertz CT molecular complexity index is 1190. The summed E-state index contributed by atoms with van der Waals surface area (Å²) in [5, 5.41) is 4.41. The van der Waals surface area contributed by atoms with Gasteiger partial charge < -0.3 is 24.5 Å². The fraction of sp³-hybridized carbons (Fsp3) is 0.318. The van der Waals surface area contributed by atoms with Gasteiger partial charge in [-0.2, -0.15) is 9.50 Å². The van der Waals surface area contributed by atoms with Gasteiger partial charge in [0.1, 0.15) is 17.3 Å². The molecule has 0 spiro atoms. The van der Waals surface area contributed by atoms with Crippen LogP contribution in [0.3, 0.4) is 0 Å². The van der Waals surface area contributed by atoms with Crippen molar-refractivity contribution in [2.45, 2.75) is 6.54 Å². The van der Waals surface area contributed by atoms with E-state index in [9.17, 15) is 0 Å². The van der Waals surface area contributed by atoms with Crippen molar-refractivity contribution in [1.29, 1.82) is 0 Å². The highest BCUT2D eigenvalue weighted by molar-refractivity contribution is 5.59. The number of nitrogens with two attached hydrogens (primary N) is 1. The number of hydrogen-bond donors (Lipinski definition) is 1. The summed E-state index contributed by atoms with van der Waals surface area (Å²) >= 11 is 0. The Balaban J connectivity index is 1.29. The number of ether oxygens (including phenoxy) is 2. The highest BCUT2D eigenvalue weighted by atomic mass is 16.5. The van der Waals surface area contributed by atoms with Gasteiger partial charge >= 0.3 is 0 Å². The molecular weight excluding hydrogens is 410 g/mol. The molecule has 4 heterocycles. The molecule has 1 aliphatic heterocycles. The van der Waals surface area contributed by atoms with Crippen molar-refractivity contribution in [3.8, 4) is 23.1 Å². The standard InChI is InChI=1S/C22H25N7O3/c1-30-16-10-15(11-17(12-16)31-2)14-27-5-7-28(8-6-27)19-13-20-24-21(18-4-3-9-32-18)26-29(20)22(23)25-19/h3-4,9-13H,5-8,14H2,1-2H3,(H2,23,25). The second kappa shape index (κ2) is 8.39. The molecule has 0 amide bonds. The molecule has 4 aromatic rings. The number of anilines is 2. The Hall–Kier alpha value is -3.79. The maximum Gasteiger partial charge on any atom is 0.225 e. The summed E-state index contributed by atoms with van der Waals surface area (Å²) in [6.07, 6.45) is 1.59. The molecule has 0 bridgehead atoms. The van der Waals surface area contributed by atoms with Crippen LogP contribution in [0.2, 0.25) is 0 Å². The molecule has 3 aromatic heterocycles. The second-order valence-corrected chi connectivity index (χ2v) is 7.64. The minimum Gasteiger partial charge on any atom is -0.497 e. The molecular formula is C22H25N7O3. The van der Waals surface area contributed by atoms with Gasteiger partial charge in [-0.15, -0.1) is 5.10 Å². The summed E-state index contributed by atoms with van der Waals surface area (Å²) in [6, 6.07) is 11.5. The number of piperazine rings is 1. The summed E-state index contributed by atoms with van der Waals surface area (Å²) in [6.45, 7) is 4.30. The van der Waals surface area contributed by atoms with Crippen molar-refractivity contribution in [2.24, 2.45) is 0 Å². The summed E-state index contributed by atoms with van der Waals surface area (Å²) in [4.78, 5) is 13.7. The van der Waals surface area contributed by atoms with Crippen LogP contribution in [0.1, 0.15) is 5.56 Å². The Morgan fingerprint density at radius 1 is 1.00 bits per heavy atom. The van der Waals surface area contributed by atoms with E-state index in [4.69, 9.17) is 19.6 Å². The smallest absolute Gasteiger partial charge is 0.225 e. The first-order valence-electron chi connectivity index (χ1n) is 10.4. The van der Waals surface area contributed by atoms with Gasteiger partial charge in [0.15, 0.2) is 11.4 Å². The quantitative estimate of drug-likeness (QED) is 0.488. The normalized spacial score (nSPS) is 14.8. The summed E-state index contributed by atoms with van der Waals surface area (Å²) in [5.41, 5.74) is 7.98. The third kappa shape index (κ3) is 3.92. The van der Waals surface area contributed by atoms with Crippen molar-refractivity contribution < 1.29 is 13.9 Å². The van der Waals surface area contributed by atoms with Crippen LogP contribution in [0.4, 0.5) is 11.8 Å². The van der Waals surface area contributed by atoms with E-state index >= 15 is 0 Å². The predicted octanol–water partition coefficient (Wildman–Crippen LogP) is 2.31. The van der Waals surface area contributed by atoms with Crippen LogP contribution in [-0.2, 0) is 6.54 Å². The number of benzene rings is 1. The first-order valence-corrected chi connectivity index (χ1v) is 10.4. The molecule has 32 heavy (non-hydrogen) atoms. The van der Waals surface area contributed by atoms with E-state index in [1.54, 1.807) is 26.5 Å². The van der Waals surface area contributed by atoms with E-state index in [-0.39, 0.29) is 0 Å². The second-order valence-electron chi connectivity index (χ2n) is 7.64. The minimum absolute atomic E-state index is 0.300. The maximum atomic E-state index is 6.17. The zero-order valence-corrected chi connectivity index (χ0v) is 18.1. The van der Waals surface area contributed by atoms with Crippen molar-refractivity contribution in [2.75, 3.05) is 51.0 Å². The van der Waals surface area contributed by atoms with Crippen LogP contribution >= 0.6 is 0 Å². The van der Waals surface area contributed by atoms with E-state index < -0.39 is 0 Å². The van der Waals surface area contributed by atoms with Crippen LogP contribution in [-0.4, -0.2) is 64.9 Å². The molecule has 1 aliphatic rings. The lowest BCUT2D eigenvalue weighted by atomic mass is 10.1. The van der Waals surface area contributed by atoms with Gasteiger partial charge in [0, 0.05) is 44.9 Å². The minimum atomic E-state index is 0.300. The summed E-state index contributed by atoms with van der Waals surface area (Å²) in [7, 11) is 3.33. The third-order valence-electron chi connectivity index (χ3n) is 5.59. The average Bonchev–Trinajstić information content (AvgIpc) is 3.49. The van der Waals surface area contributed by atoms with E-state index in [0.29, 0.717) is 23.2 Å². The molecule has 166 valence electrons. The molecule has 10 nitrogen and oxygen atoms in total. The van der Waals surface area contributed by atoms with E-state index in [1.807, 2.05) is 30.3 Å². The molecule has 5 rings (SSSR count). The Kier molecular flexibility index (Phi) is 5.28. The first-order chi connectivity index (χ1) is 15.6. The molecule has 0 saturated carbocycles. The van der Waals surface area contributed by atoms with Gasteiger partial charge in [0.25, 0.3) is 0 Å². The van der Waals surface area contributed by atoms with Gasteiger partial charge in [0.05, 0.1) is 20.5 Å². The monoisotopic (exact) mass is 435 g/mol. The fourth-order valence-electron chi connectivity index (χ4n) is 3.92. The van der Waals surface area contributed by atoms with Gasteiger partial charge in [-0.1, -0.05) is 0 Å². The number of nitrogens with zero attached hydrogens (tertiary/aromatic N) is 6. The van der Waals surface area contributed by atoms with Gasteiger partial charge in [0.2, 0.25) is 11.8 Å². The zero-order chi connectivity index (χ0) is 22.1. The summed E-state index contributed by atoms with van der Waals surface area (Å²) < 4.78 is 17.7. The summed E-state index contributed by atoms with van der Waals surface area (Å²) in [5.74, 6) is 3.78. The Morgan fingerprint density at radius 3 is 2.41 bits per heavy atom. The highest BCUT2D eigenvalue weighted by Gasteiger charge is 2.21. The molecule has 10 heteroatoms. The number of methoxy groups -OCH3 is 2.